The third-order valence-electron chi connectivity index (χ3n) is 12.0. The number of carbonyl (C=O) groups excluding carboxylic acids is 5. The van der Waals surface area contributed by atoms with E-state index in [2.05, 4.69) is 41.7 Å². The average molecular weight is 704 g/mol. The largest absolute Gasteiger partial charge is 0.346 e. The van der Waals surface area contributed by atoms with Crippen LogP contribution in [-0.2, 0) is 29.0 Å². The van der Waals surface area contributed by atoms with E-state index in [9.17, 15) is 32.4 Å². The number of amides is 5. The maximum atomic E-state index is 14.5. The van der Waals surface area contributed by atoms with Crippen LogP contribution in [0.15, 0.2) is 12.7 Å². The van der Waals surface area contributed by atoms with E-state index in [0.29, 0.717) is 38.6 Å². The van der Waals surface area contributed by atoms with Crippen LogP contribution in [0.1, 0.15) is 105 Å². The van der Waals surface area contributed by atoms with E-state index in [4.69, 9.17) is 0 Å². The lowest BCUT2D eigenvalue weighted by Gasteiger charge is -2.45. The van der Waals surface area contributed by atoms with Crippen molar-refractivity contribution < 1.29 is 32.4 Å². The van der Waals surface area contributed by atoms with Gasteiger partial charge in [-0.1, -0.05) is 79.2 Å². The molecular formula is C36H57N5O7S. The molecule has 5 amide bonds. The molecular weight excluding hydrogens is 646 g/mol. The fourth-order valence-electron chi connectivity index (χ4n) is 8.89. The molecule has 4 N–H and O–H groups in total. The minimum absolute atomic E-state index is 0.0668. The van der Waals surface area contributed by atoms with Crippen LogP contribution in [0.25, 0.3) is 0 Å². The predicted octanol–water partition coefficient (Wildman–Crippen LogP) is 3.01. The number of fused-ring (bicyclic) bond motifs is 1. The number of Topliss-reactive ketones (excluding diaryl/α,β-unsaturated/α-hetero) is 1. The summed E-state index contributed by atoms with van der Waals surface area (Å²) < 4.78 is 26.5. The number of ketones is 1. The summed E-state index contributed by atoms with van der Waals surface area (Å²) in [5.41, 5.74) is -1.84. The molecule has 49 heavy (non-hydrogen) atoms. The highest BCUT2D eigenvalue weighted by atomic mass is 32.2. The van der Waals surface area contributed by atoms with Crippen molar-refractivity contribution in [3.05, 3.63) is 12.7 Å². The number of rotatable bonds is 12. The summed E-state index contributed by atoms with van der Waals surface area (Å²) in [6.07, 6.45) is 9.36. The fourth-order valence-corrected chi connectivity index (χ4v) is 11.3. The van der Waals surface area contributed by atoms with Gasteiger partial charge in [-0.2, -0.15) is 0 Å². The third-order valence-corrected chi connectivity index (χ3v) is 14.4. The van der Waals surface area contributed by atoms with E-state index in [1.807, 2.05) is 20.8 Å². The standard InChI is InChI=1S/C36H57N5O7S/c1-7-18-37-31(44)28(42)24(20-22-14-15-22)38-30(43)27-26-23(35(26,5)6)21-41(27)32(45)29(34(2,3)4)39-33(46)40-36(16-10-8-11-17-36)25-13-9-12-19-49(25,47)48/h7,22-27,29H,1,8-21H2,2-6H3,(H,37,44)(H,38,43)(H2,39,40,46)/t23?,24?,25-,26?,27-,29-/m1/s1. The highest BCUT2D eigenvalue weighted by molar-refractivity contribution is 7.92. The molecule has 5 fully saturated rings. The van der Waals surface area contributed by atoms with E-state index in [1.165, 1.54) is 6.08 Å². The molecule has 5 aliphatic rings. The van der Waals surface area contributed by atoms with Gasteiger partial charge in [0.1, 0.15) is 12.1 Å². The molecule has 13 heteroatoms. The lowest BCUT2D eigenvalue weighted by atomic mass is 9.77. The number of nitrogens with zero attached hydrogens (tertiary/aromatic N) is 1. The van der Waals surface area contributed by atoms with Gasteiger partial charge in [0.15, 0.2) is 9.84 Å². The molecule has 274 valence electrons. The molecule has 0 bridgehead atoms. The molecule has 0 aromatic carbocycles. The van der Waals surface area contributed by atoms with E-state index >= 15 is 0 Å². The van der Waals surface area contributed by atoms with Crippen LogP contribution in [0.2, 0.25) is 0 Å². The maximum absolute atomic E-state index is 14.5. The smallest absolute Gasteiger partial charge is 0.315 e. The summed E-state index contributed by atoms with van der Waals surface area (Å²) in [6.45, 7) is 13.7. The zero-order chi connectivity index (χ0) is 35.9. The number of likely N-dealkylation sites (tertiary alicyclic amines) is 1. The Kier molecular flexibility index (Phi) is 10.6. The van der Waals surface area contributed by atoms with Gasteiger partial charge in [0, 0.05) is 13.1 Å². The third kappa shape index (κ3) is 7.86. The molecule has 2 saturated heterocycles. The Balaban J connectivity index is 1.35. The van der Waals surface area contributed by atoms with Crippen molar-refractivity contribution in [3.8, 4) is 0 Å². The SMILES string of the molecule is C=CCNC(=O)C(=O)C(CC1CC1)NC(=O)[C@H]1C2C(CN1C(=O)[C@@H](NC(=O)NC1([C@H]3CCCCS3(=O)=O)CCCCC1)C(C)(C)C)C2(C)C. The average Bonchev–Trinajstić information content (AvgIpc) is 3.88. The Morgan fingerprint density at radius 3 is 2.22 bits per heavy atom. The number of urea groups is 1. The lowest BCUT2D eigenvalue weighted by Crippen LogP contribution is -2.66. The molecule has 0 aromatic rings. The van der Waals surface area contributed by atoms with Gasteiger partial charge in [-0.3, -0.25) is 19.2 Å². The van der Waals surface area contributed by atoms with Crippen LogP contribution >= 0.6 is 0 Å². The van der Waals surface area contributed by atoms with Crippen LogP contribution in [0, 0.1) is 28.6 Å². The molecule has 3 aliphatic carbocycles. The second-order valence-corrected chi connectivity index (χ2v) is 19.3. The number of nitrogens with one attached hydrogen (secondary N) is 4. The van der Waals surface area contributed by atoms with E-state index < -0.39 is 73.7 Å². The van der Waals surface area contributed by atoms with Crippen molar-refractivity contribution in [3.63, 3.8) is 0 Å². The van der Waals surface area contributed by atoms with Gasteiger partial charge in [0.2, 0.25) is 17.6 Å². The number of carbonyl (C=O) groups is 5. The van der Waals surface area contributed by atoms with Gasteiger partial charge in [-0.25, -0.2) is 13.2 Å². The quantitative estimate of drug-likeness (QED) is 0.179. The summed E-state index contributed by atoms with van der Waals surface area (Å²) in [5.74, 6) is -2.07. The van der Waals surface area contributed by atoms with Crippen molar-refractivity contribution in [1.29, 1.82) is 0 Å². The zero-order valence-corrected chi connectivity index (χ0v) is 30.8. The number of hydrogen-bond acceptors (Lipinski definition) is 7. The Morgan fingerprint density at radius 1 is 0.959 bits per heavy atom. The highest BCUT2D eigenvalue weighted by Crippen LogP contribution is 2.65. The fraction of sp³-hybridized carbons (Fsp3) is 0.806. The van der Waals surface area contributed by atoms with Gasteiger partial charge in [-0.05, 0) is 60.7 Å². The monoisotopic (exact) mass is 703 g/mol. The molecule has 5 rings (SSSR count). The first-order valence-corrected chi connectivity index (χ1v) is 20.0. The topological polar surface area (TPSA) is 171 Å². The second kappa shape index (κ2) is 14.0. The van der Waals surface area contributed by atoms with Gasteiger partial charge in [0.25, 0.3) is 5.91 Å². The zero-order valence-electron chi connectivity index (χ0n) is 29.9. The number of hydrogen-bond donors (Lipinski definition) is 4. The van der Waals surface area contributed by atoms with E-state index in [0.717, 1.165) is 38.5 Å². The number of piperidine rings is 1. The molecule has 0 aromatic heterocycles. The van der Waals surface area contributed by atoms with Crippen LogP contribution in [-0.4, -0.2) is 90.6 Å². The molecule has 2 aliphatic heterocycles. The molecule has 0 spiro atoms. The lowest BCUT2D eigenvalue weighted by molar-refractivity contribution is -0.145. The first-order valence-electron chi connectivity index (χ1n) is 18.3. The Morgan fingerprint density at radius 2 is 1.63 bits per heavy atom. The minimum Gasteiger partial charge on any atom is -0.346 e. The first-order chi connectivity index (χ1) is 22.9. The Bertz CT molecular complexity index is 1440. The summed E-state index contributed by atoms with van der Waals surface area (Å²) in [7, 11) is -3.39. The van der Waals surface area contributed by atoms with Gasteiger partial charge < -0.3 is 26.2 Å². The molecule has 6 atom stereocenters. The molecule has 3 unspecified atom stereocenters. The van der Waals surface area contributed by atoms with Crippen LogP contribution in [0.3, 0.4) is 0 Å². The van der Waals surface area contributed by atoms with Crippen molar-refractivity contribution in [1.82, 2.24) is 26.2 Å². The highest BCUT2D eigenvalue weighted by Gasteiger charge is 2.70. The molecule has 12 nitrogen and oxygen atoms in total. The predicted molar refractivity (Wildman–Crippen MR) is 186 cm³/mol. The summed E-state index contributed by atoms with van der Waals surface area (Å²) in [6, 6.07) is -3.47. The van der Waals surface area contributed by atoms with E-state index in [1.54, 1.807) is 4.90 Å². The second-order valence-electron chi connectivity index (χ2n) is 17.0. The van der Waals surface area contributed by atoms with Gasteiger partial charge in [0.05, 0.1) is 22.6 Å². The minimum atomic E-state index is -3.39. The molecule has 0 radical (unpaired) electrons. The van der Waals surface area contributed by atoms with Crippen molar-refractivity contribution in [2.75, 3.05) is 18.8 Å². The summed E-state index contributed by atoms with van der Waals surface area (Å²) in [5, 5.41) is 10.7. The van der Waals surface area contributed by atoms with Crippen molar-refractivity contribution in [2.45, 2.75) is 134 Å². The van der Waals surface area contributed by atoms with E-state index in [-0.39, 0.29) is 35.5 Å². The summed E-state index contributed by atoms with van der Waals surface area (Å²) in [4.78, 5) is 69.8. The Labute approximate surface area is 291 Å². The van der Waals surface area contributed by atoms with Crippen molar-refractivity contribution in [2.24, 2.45) is 28.6 Å². The Hall–Kier alpha value is -2.96. The molecule has 2 heterocycles. The van der Waals surface area contributed by atoms with Crippen molar-refractivity contribution >= 4 is 39.4 Å². The first kappa shape index (κ1) is 37.3. The van der Waals surface area contributed by atoms with Crippen LogP contribution in [0.4, 0.5) is 4.79 Å². The number of sulfone groups is 1. The van der Waals surface area contributed by atoms with Crippen LogP contribution in [0.5, 0.6) is 0 Å². The normalized spacial score (nSPS) is 29.4. The molecule has 3 saturated carbocycles. The summed E-state index contributed by atoms with van der Waals surface area (Å²) >= 11 is 0. The maximum Gasteiger partial charge on any atom is 0.315 e. The van der Waals surface area contributed by atoms with Crippen LogP contribution < -0.4 is 21.3 Å². The van der Waals surface area contributed by atoms with Gasteiger partial charge >= 0.3 is 6.03 Å². The van der Waals surface area contributed by atoms with Gasteiger partial charge in [-0.15, -0.1) is 6.58 Å².